The number of unbranched alkanes of at least 4 members (excludes halogenated alkanes) is 1. The molecule has 0 amide bonds. The van der Waals surface area contributed by atoms with E-state index >= 15 is 0 Å². The van der Waals surface area contributed by atoms with Gasteiger partial charge in [-0.25, -0.2) is 4.98 Å². The van der Waals surface area contributed by atoms with Gasteiger partial charge < -0.3 is 14.2 Å². The third kappa shape index (κ3) is 5.55. The lowest BCUT2D eigenvalue weighted by molar-refractivity contribution is 0.0880. The second kappa shape index (κ2) is 9.86. The van der Waals surface area contributed by atoms with Gasteiger partial charge in [0.05, 0.1) is 23.9 Å². The number of rotatable bonds is 11. The van der Waals surface area contributed by atoms with E-state index in [1.54, 1.807) is 0 Å². The molecule has 0 radical (unpaired) electrons. The quantitative estimate of drug-likeness (QED) is 0.399. The molecular weight excluding hydrogens is 362 g/mol. The molecule has 3 aromatic rings. The van der Waals surface area contributed by atoms with Crippen molar-refractivity contribution >= 4 is 10.9 Å². The lowest BCUT2D eigenvalue weighted by atomic mass is 10.1. The van der Waals surface area contributed by atoms with Crippen molar-refractivity contribution in [3.63, 3.8) is 0 Å². The summed E-state index contributed by atoms with van der Waals surface area (Å²) in [4.78, 5) is 4.83. The van der Waals surface area contributed by atoms with Crippen molar-refractivity contribution in [2.24, 2.45) is 0 Å². The van der Waals surface area contributed by atoms with Crippen LogP contribution in [-0.2, 0) is 22.7 Å². The Kier molecular flexibility index (Phi) is 6.75. The normalized spacial score (nSPS) is 13.7. The number of fused-ring (bicyclic) bond motifs is 1. The monoisotopic (exact) mass is 391 g/mol. The van der Waals surface area contributed by atoms with E-state index in [0.29, 0.717) is 19.3 Å². The minimum absolute atomic E-state index is 0.502. The summed E-state index contributed by atoms with van der Waals surface area (Å²) in [6.07, 6.45) is 5.06. The molecule has 1 aliphatic rings. The van der Waals surface area contributed by atoms with E-state index in [9.17, 15) is 0 Å². The maximum absolute atomic E-state index is 6.25. The highest BCUT2D eigenvalue weighted by atomic mass is 16.5. The topological polar surface area (TPSA) is 40.6 Å². The number of pyridine rings is 1. The Hall–Kier alpha value is -2.43. The Bertz CT molecular complexity index is 922. The minimum atomic E-state index is 0.502. The number of para-hydroxylation sites is 1. The van der Waals surface area contributed by atoms with E-state index in [1.807, 2.05) is 36.4 Å². The molecule has 1 heterocycles. The molecule has 1 aliphatic carbocycles. The maximum atomic E-state index is 6.25. The molecule has 2 aromatic carbocycles. The fourth-order valence-corrected chi connectivity index (χ4v) is 3.34. The molecule has 4 nitrogen and oxygen atoms in total. The van der Waals surface area contributed by atoms with Gasteiger partial charge in [0, 0.05) is 24.2 Å². The van der Waals surface area contributed by atoms with Crippen LogP contribution in [0, 0.1) is 6.92 Å². The molecule has 0 spiro atoms. The van der Waals surface area contributed by atoms with Gasteiger partial charge in [-0.15, -0.1) is 0 Å². The highest BCUT2D eigenvalue weighted by Gasteiger charge is 2.21. The van der Waals surface area contributed by atoms with Crippen molar-refractivity contribution in [2.75, 3.05) is 13.2 Å². The predicted molar refractivity (Wildman–Crippen MR) is 115 cm³/mol. The fraction of sp³-hybridized carbons (Fsp3) is 0.400. The second-order valence-electron chi connectivity index (χ2n) is 7.63. The van der Waals surface area contributed by atoms with Crippen LogP contribution >= 0.6 is 0 Å². The Morgan fingerprint density at radius 1 is 0.897 bits per heavy atom. The van der Waals surface area contributed by atoms with Crippen LogP contribution in [0.2, 0.25) is 0 Å². The first-order chi connectivity index (χ1) is 14.3. The summed E-state index contributed by atoms with van der Waals surface area (Å²) < 4.78 is 17.8. The number of aromatic nitrogens is 1. The van der Waals surface area contributed by atoms with Crippen LogP contribution in [0.15, 0.2) is 54.6 Å². The Balaban J connectivity index is 1.39. The smallest absolute Gasteiger partial charge is 0.134 e. The molecule has 1 aromatic heterocycles. The highest BCUT2D eigenvalue weighted by Crippen LogP contribution is 2.31. The highest BCUT2D eigenvalue weighted by molar-refractivity contribution is 5.86. The van der Waals surface area contributed by atoms with Crippen LogP contribution in [0.1, 0.15) is 42.5 Å². The molecule has 29 heavy (non-hydrogen) atoms. The molecule has 0 aliphatic heterocycles. The van der Waals surface area contributed by atoms with E-state index in [1.165, 1.54) is 12.8 Å². The van der Waals surface area contributed by atoms with Crippen LogP contribution in [0.3, 0.4) is 0 Å². The van der Waals surface area contributed by atoms with Gasteiger partial charge in [0.25, 0.3) is 0 Å². The number of ether oxygens (including phenoxy) is 3. The van der Waals surface area contributed by atoms with E-state index in [-0.39, 0.29) is 0 Å². The first-order valence-electron chi connectivity index (χ1n) is 10.6. The van der Waals surface area contributed by atoms with Crippen LogP contribution in [0.5, 0.6) is 5.75 Å². The summed E-state index contributed by atoms with van der Waals surface area (Å²) in [6, 6.07) is 18.4. The number of hydrogen-bond donors (Lipinski definition) is 0. The zero-order valence-electron chi connectivity index (χ0n) is 17.1. The standard InChI is InChI=1S/C25H29NO3/c1-19-24(18-27-15-7-8-16-28-21-13-14-21)26-23-12-6-5-11-22(23)25(19)29-17-20-9-3-2-4-10-20/h2-6,9-12,21H,7-8,13-18H2,1H3. The molecular formula is C25H29NO3. The van der Waals surface area contributed by atoms with Gasteiger partial charge in [-0.05, 0) is 50.3 Å². The van der Waals surface area contributed by atoms with Crippen LogP contribution < -0.4 is 4.74 Å². The van der Waals surface area contributed by atoms with Crippen LogP contribution in [0.25, 0.3) is 10.9 Å². The molecule has 4 rings (SSSR count). The van der Waals surface area contributed by atoms with Crippen molar-refractivity contribution < 1.29 is 14.2 Å². The molecule has 0 bridgehead atoms. The molecule has 1 fully saturated rings. The zero-order valence-corrected chi connectivity index (χ0v) is 17.1. The molecule has 1 saturated carbocycles. The first-order valence-corrected chi connectivity index (χ1v) is 10.6. The van der Waals surface area contributed by atoms with E-state index in [4.69, 9.17) is 19.2 Å². The van der Waals surface area contributed by atoms with Gasteiger partial charge in [0.15, 0.2) is 0 Å². The maximum Gasteiger partial charge on any atom is 0.134 e. The number of hydrogen-bond acceptors (Lipinski definition) is 4. The lowest BCUT2D eigenvalue weighted by Gasteiger charge is -2.16. The van der Waals surface area contributed by atoms with E-state index in [2.05, 4.69) is 25.1 Å². The minimum Gasteiger partial charge on any atom is -0.488 e. The van der Waals surface area contributed by atoms with Gasteiger partial charge in [0.1, 0.15) is 12.4 Å². The predicted octanol–water partition coefficient (Wildman–Crippen LogP) is 5.60. The molecule has 0 unspecified atom stereocenters. The van der Waals surface area contributed by atoms with Crippen LogP contribution in [0.4, 0.5) is 0 Å². The van der Waals surface area contributed by atoms with E-state index in [0.717, 1.165) is 59.5 Å². The van der Waals surface area contributed by atoms with Gasteiger partial charge >= 0.3 is 0 Å². The molecule has 4 heteroatoms. The first kappa shape index (κ1) is 19.9. The fourth-order valence-electron chi connectivity index (χ4n) is 3.34. The van der Waals surface area contributed by atoms with Crippen molar-refractivity contribution in [1.82, 2.24) is 4.98 Å². The van der Waals surface area contributed by atoms with Crippen molar-refractivity contribution in [2.45, 2.75) is 51.9 Å². The van der Waals surface area contributed by atoms with Gasteiger partial charge in [-0.2, -0.15) is 0 Å². The van der Waals surface area contributed by atoms with Gasteiger partial charge in [-0.3, -0.25) is 0 Å². The average Bonchev–Trinajstić information content (AvgIpc) is 3.58. The third-order valence-corrected chi connectivity index (χ3v) is 5.20. The molecule has 0 saturated heterocycles. The summed E-state index contributed by atoms with van der Waals surface area (Å²) in [5, 5.41) is 1.04. The number of benzene rings is 2. The second-order valence-corrected chi connectivity index (χ2v) is 7.63. The van der Waals surface area contributed by atoms with Crippen molar-refractivity contribution in [3.8, 4) is 5.75 Å². The van der Waals surface area contributed by atoms with Gasteiger partial charge in [0.2, 0.25) is 0 Å². The Labute approximate surface area is 172 Å². The van der Waals surface area contributed by atoms with Crippen molar-refractivity contribution in [1.29, 1.82) is 0 Å². The lowest BCUT2D eigenvalue weighted by Crippen LogP contribution is -2.05. The summed E-state index contributed by atoms with van der Waals surface area (Å²) in [5.74, 6) is 0.899. The summed E-state index contributed by atoms with van der Waals surface area (Å²) in [5.41, 5.74) is 4.09. The largest absolute Gasteiger partial charge is 0.488 e. The zero-order chi connectivity index (χ0) is 19.9. The average molecular weight is 392 g/mol. The third-order valence-electron chi connectivity index (χ3n) is 5.20. The summed E-state index contributed by atoms with van der Waals surface area (Å²) >= 11 is 0. The number of nitrogens with zero attached hydrogens (tertiary/aromatic N) is 1. The molecule has 0 atom stereocenters. The van der Waals surface area contributed by atoms with Crippen LogP contribution in [-0.4, -0.2) is 24.3 Å². The van der Waals surface area contributed by atoms with E-state index < -0.39 is 0 Å². The Morgan fingerprint density at radius 3 is 2.48 bits per heavy atom. The van der Waals surface area contributed by atoms with Gasteiger partial charge in [-0.1, -0.05) is 42.5 Å². The molecule has 0 N–H and O–H groups in total. The SMILES string of the molecule is Cc1c(COCCCCOC2CC2)nc2ccccc2c1OCc1ccccc1. The summed E-state index contributed by atoms with van der Waals surface area (Å²) in [6.45, 7) is 4.68. The summed E-state index contributed by atoms with van der Waals surface area (Å²) in [7, 11) is 0. The van der Waals surface area contributed by atoms with Crippen molar-refractivity contribution in [3.05, 3.63) is 71.4 Å². The molecule has 152 valence electrons. The Morgan fingerprint density at radius 2 is 1.66 bits per heavy atom.